The van der Waals surface area contributed by atoms with Crippen LogP contribution >= 0.6 is 0 Å². The van der Waals surface area contributed by atoms with Gasteiger partial charge in [0, 0.05) is 62.6 Å². The molecular weight excluding hydrogens is 967 g/mol. The van der Waals surface area contributed by atoms with Gasteiger partial charge in [-0.3, -0.25) is 43.8 Å². The first-order valence-electron chi connectivity index (χ1n) is 25.1. The van der Waals surface area contributed by atoms with Crippen molar-refractivity contribution in [3.63, 3.8) is 0 Å². The van der Waals surface area contributed by atoms with Gasteiger partial charge in [-0.1, -0.05) is 68.3 Å². The molecule has 0 spiro atoms. The van der Waals surface area contributed by atoms with Gasteiger partial charge < -0.3 is 74.1 Å². The number of nitrogens with zero attached hydrogens (tertiary/aromatic N) is 1. The average molecular weight is 1040 g/mol. The number of H-pyrrole nitrogens is 2. The molecule has 2 aromatic carbocycles. The molecular formula is C51H73N15O9. The molecule has 0 radical (unpaired) electrons. The second-order valence-electron chi connectivity index (χ2n) is 18.2. The number of aromatic amines is 2. The van der Waals surface area contributed by atoms with E-state index in [-0.39, 0.29) is 70.4 Å². The van der Waals surface area contributed by atoms with E-state index in [9.17, 15) is 43.2 Å². The Morgan fingerprint density at radius 1 is 0.653 bits per heavy atom. The lowest BCUT2D eigenvalue weighted by Gasteiger charge is -2.27. The number of benzene rings is 2. The van der Waals surface area contributed by atoms with Crippen LogP contribution in [0.4, 0.5) is 0 Å². The number of nitrogens with one attached hydrogen (secondary N) is 12. The maximum atomic E-state index is 14.4. The number of unbranched alkanes of at least 4 members (excludes halogenated alkanes) is 1. The Labute approximate surface area is 435 Å². The Morgan fingerprint density at radius 3 is 1.88 bits per heavy atom. The van der Waals surface area contributed by atoms with Crippen molar-refractivity contribution >= 4 is 70.4 Å². The number of aromatic nitrogens is 3. The number of aldehydes is 1. The minimum Gasteiger partial charge on any atom is -0.370 e. The quantitative estimate of drug-likeness (QED) is 0.0119. The van der Waals surface area contributed by atoms with E-state index in [1.165, 1.54) is 19.4 Å². The number of carbonyl (C=O) groups is 9. The standard InChI is InChI=1S/C51H73N15O9/c1-4-5-17-39(61-31(2)68)46(71)64-40(19-12-22-57-44(69)21-20-38(45(52)70)63-48(73)41(55-3)25-33-27-59-37-18-10-9-16-36(33)37)47(72)66-43(26-35-28-56-30-60-35)50(75)65-42(24-32-13-7-6-8-14-32)49(74)62-34(29-67)15-11-23-58-51(53)54/h6-10,13-14,16,18,27-30,34,38-43,55,59H,4-5,11-12,15,17,19-26H2,1-3H3,(H2,52,70)(H,56,60)(H,57,69)(H,61,68)(H,62,74)(H,63,73)(H,64,71)(H,65,75)(H,66,72)(H4,53,54,58)/t34-,38?,39-,40?,41-,42?,43-/m0/s1. The number of imidazole rings is 1. The third-order valence-corrected chi connectivity index (χ3v) is 12.3. The van der Waals surface area contributed by atoms with Crippen LogP contribution in [-0.4, -0.2) is 137 Å². The van der Waals surface area contributed by atoms with Crippen molar-refractivity contribution in [3.8, 4) is 0 Å². The molecule has 0 aliphatic carbocycles. The van der Waals surface area contributed by atoms with Gasteiger partial charge in [-0.05, 0) is 69.2 Å². The summed E-state index contributed by atoms with van der Waals surface area (Å²) < 4.78 is 0. The number of guanidine groups is 1. The molecule has 0 bridgehead atoms. The second-order valence-corrected chi connectivity index (χ2v) is 18.2. The molecule has 0 saturated carbocycles. The van der Waals surface area contributed by atoms with E-state index in [1.807, 2.05) is 37.4 Å². The first-order chi connectivity index (χ1) is 36.0. The minimum absolute atomic E-state index is 0.00593. The molecule has 24 heteroatoms. The largest absolute Gasteiger partial charge is 0.370 e. The molecule has 406 valence electrons. The van der Waals surface area contributed by atoms with Crippen LogP contribution in [-0.2, 0) is 62.4 Å². The van der Waals surface area contributed by atoms with Crippen molar-refractivity contribution in [2.24, 2.45) is 11.5 Å². The number of likely N-dealkylation sites (N-methyl/N-ethyl adjacent to an activating group) is 1. The number of hydrogen-bond acceptors (Lipinski definition) is 12. The molecule has 4 aromatic rings. The van der Waals surface area contributed by atoms with Crippen LogP contribution in [0.3, 0.4) is 0 Å². The Hall–Kier alpha value is -8.15. The number of rotatable bonds is 34. The predicted octanol–water partition coefficient (Wildman–Crippen LogP) is -0.750. The fraction of sp³-hybridized carbons (Fsp3) is 0.471. The summed E-state index contributed by atoms with van der Waals surface area (Å²) in [5, 5.41) is 32.8. The Morgan fingerprint density at radius 2 is 1.24 bits per heavy atom. The van der Waals surface area contributed by atoms with Gasteiger partial charge >= 0.3 is 0 Å². The Bertz CT molecular complexity index is 2520. The van der Waals surface area contributed by atoms with Crippen molar-refractivity contribution < 1.29 is 43.2 Å². The van der Waals surface area contributed by atoms with Crippen LogP contribution in [0.5, 0.6) is 0 Å². The molecule has 2 aromatic heterocycles. The number of amides is 8. The van der Waals surface area contributed by atoms with Crippen molar-refractivity contribution in [1.82, 2.24) is 62.8 Å². The summed E-state index contributed by atoms with van der Waals surface area (Å²) in [5.41, 5.74) is 13.9. The van der Waals surface area contributed by atoms with E-state index >= 15 is 0 Å². The second kappa shape index (κ2) is 31.4. The molecule has 4 rings (SSSR count). The predicted molar refractivity (Wildman–Crippen MR) is 280 cm³/mol. The molecule has 24 nitrogen and oxygen atoms in total. The normalized spacial score (nSPS) is 13.8. The average Bonchev–Trinajstić information content (AvgIpc) is 4.06. The number of fused-ring (bicyclic) bond motifs is 1. The highest BCUT2D eigenvalue weighted by Crippen LogP contribution is 2.19. The summed E-state index contributed by atoms with van der Waals surface area (Å²) in [6.07, 6.45) is 7.37. The summed E-state index contributed by atoms with van der Waals surface area (Å²) >= 11 is 0. The van der Waals surface area contributed by atoms with Crippen LogP contribution in [0.15, 0.2) is 73.3 Å². The van der Waals surface area contributed by atoms with Gasteiger partial charge in [0.25, 0.3) is 0 Å². The molecule has 2 heterocycles. The molecule has 8 amide bonds. The first-order valence-corrected chi connectivity index (χ1v) is 25.1. The SMILES string of the molecule is CCCC[C@H](NC(C)=O)C(=O)NC(CCCNC(=O)CCC(NC(=O)[C@H](Cc1c[nH]c2ccccc12)NC)C(N)=O)C(=O)N[C@@H](Cc1c[nH]cn1)C(=O)NC(Cc1ccccc1)C(=O)N[C@H](C=O)CCCNC(=N)N. The summed E-state index contributed by atoms with van der Waals surface area (Å²) in [6, 6.07) is 8.75. The van der Waals surface area contributed by atoms with E-state index in [2.05, 4.69) is 62.8 Å². The maximum Gasteiger partial charge on any atom is 0.243 e. The van der Waals surface area contributed by atoms with Crippen molar-refractivity contribution in [1.29, 1.82) is 5.41 Å². The Kier molecular flexibility index (Phi) is 24.9. The lowest BCUT2D eigenvalue weighted by atomic mass is 10.0. The van der Waals surface area contributed by atoms with Crippen LogP contribution in [0.1, 0.15) is 88.5 Å². The molecule has 3 unspecified atom stereocenters. The van der Waals surface area contributed by atoms with Crippen molar-refractivity contribution in [2.75, 3.05) is 20.1 Å². The van der Waals surface area contributed by atoms with Crippen LogP contribution < -0.4 is 59.3 Å². The number of nitrogens with two attached hydrogens (primary N) is 2. The third kappa shape index (κ3) is 20.7. The monoisotopic (exact) mass is 1040 g/mol. The smallest absolute Gasteiger partial charge is 0.243 e. The van der Waals surface area contributed by atoms with Crippen LogP contribution in [0, 0.1) is 5.41 Å². The zero-order valence-electron chi connectivity index (χ0n) is 42.7. The van der Waals surface area contributed by atoms with Gasteiger partial charge in [0.15, 0.2) is 5.96 Å². The summed E-state index contributed by atoms with van der Waals surface area (Å²) in [6.45, 7) is 3.47. The minimum atomic E-state index is -1.37. The van der Waals surface area contributed by atoms with E-state index in [4.69, 9.17) is 16.9 Å². The Balaban J connectivity index is 1.46. The van der Waals surface area contributed by atoms with Gasteiger partial charge in [-0.15, -0.1) is 0 Å². The molecule has 0 aliphatic rings. The fourth-order valence-corrected chi connectivity index (χ4v) is 8.19. The van der Waals surface area contributed by atoms with Gasteiger partial charge in [0.05, 0.1) is 24.1 Å². The van der Waals surface area contributed by atoms with Crippen LogP contribution in [0.25, 0.3) is 10.9 Å². The first kappa shape index (κ1) is 59.4. The highest BCUT2D eigenvalue weighted by atomic mass is 16.2. The number of hydrogen-bond donors (Lipinski definition) is 14. The lowest BCUT2D eigenvalue weighted by molar-refractivity contribution is -0.134. The molecule has 16 N–H and O–H groups in total. The zero-order chi connectivity index (χ0) is 54.7. The van der Waals surface area contributed by atoms with Gasteiger partial charge in [-0.2, -0.15) is 0 Å². The molecule has 0 aliphatic heterocycles. The number of carbonyl (C=O) groups excluding carboxylic acids is 9. The van der Waals surface area contributed by atoms with Crippen molar-refractivity contribution in [3.05, 3.63) is 90.1 Å². The molecule has 0 saturated heterocycles. The molecule has 75 heavy (non-hydrogen) atoms. The number of para-hydroxylation sites is 1. The summed E-state index contributed by atoms with van der Waals surface area (Å²) in [5.74, 6) is -5.40. The van der Waals surface area contributed by atoms with Gasteiger partial charge in [0.2, 0.25) is 47.3 Å². The van der Waals surface area contributed by atoms with Gasteiger partial charge in [-0.25, -0.2) is 4.98 Å². The number of primary amides is 1. The highest BCUT2D eigenvalue weighted by molar-refractivity contribution is 5.96. The summed E-state index contributed by atoms with van der Waals surface area (Å²) in [4.78, 5) is 130. The zero-order valence-corrected chi connectivity index (χ0v) is 42.7. The third-order valence-electron chi connectivity index (χ3n) is 12.3. The summed E-state index contributed by atoms with van der Waals surface area (Å²) in [7, 11) is 1.62. The topological polar surface area (TPSA) is 382 Å². The van der Waals surface area contributed by atoms with E-state index < -0.39 is 89.6 Å². The van der Waals surface area contributed by atoms with Crippen molar-refractivity contribution in [2.45, 2.75) is 133 Å². The van der Waals surface area contributed by atoms with E-state index in [1.54, 1.807) is 37.4 Å². The van der Waals surface area contributed by atoms with Gasteiger partial charge in [0.1, 0.15) is 36.5 Å². The molecule has 7 atom stereocenters. The maximum absolute atomic E-state index is 14.4. The van der Waals surface area contributed by atoms with E-state index in [0.29, 0.717) is 43.2 Å². The van der Waals surface area contributed by atoms with E-state index in [0.717, 1.165) is 16.5 Å². The lowest BCUT2D eigenvalue weighted by Crippen LogP contribution is -2.59. The fourth-order valence-electron chi connectivity index (χ4n) is 8.19. The molecule has 0 fully saturated rings. The van der Waals surface area contributed by atoms with Crippen LogP contribution in [0.2, 0.25) is 0 Å². The highest BCUT2D eigenvalue weighted by Gasteiger charge is 2.33.